The van der Waals surface area contributed by atoms with E-state index in [2.05, 4.69) is 19.1 Å². The normalized spacial score (nSPS) is 35.5. The summed E-state index contributed by atoms with van der Waals surface area (Å²) in [5.74, 6) is 1.45. The Kier molecular flexibility index (Phi) is 1.72. The lowest BCUT2D eigenvalue weighted by Crippen LogP contribution is -2.17. The Balaban J connectivity index is 2.20. The quantitative estimate of drug-likeness (QED) is 0.482. The van der Waals surface area contributed by atoms with Crippen molar-refractivity contribution in [3.05, 3.63) is 24.0 Å². The average molecular weight is 150 g/mol. The van der Waals surface area contributed by atoms with E-state index in [1.54, 1.807) is 0 Å². The van der Waals surface area contributed by atoms with Gasteiger partial charge in [0.1, 0.15) is 6.61 Å². The van der Waals surface area contributed by atoms with Gasteiger partial charge in [-0.2, -0.15) is 0 Å². The maximum atomic E-state index is 5.24. The van der Waals surface area contributed by atoms with Gasteiger partial charge in [-0.05, 0) is 30.4 Å². The summed E-state index contributed by atoms with van der Waals surface area (Å²) >= 11 is 0. The van der Waals surface area contributed by atoms with E-state index in [1.807, 2.05) is 6.26 Å². The summed E-state index contributed by atoms with van der Waals surface area (Å²) in [6.45, 7) is 3.10. The molecule has 1 nitrogen and oxygen atoms in total. The number of hydrogen-bond acceptors (Lipinski definition) is 1. The van der Waals surface area contributed by atoms with Crippen LogP contribution in [0, 0.1) is 11.8 Å². The van der Waals surface area contributed by atoms with E-state index in [4.69, 9.17) is 4.74 Å². The summed E-state index contributed by atoms with van der Waals surface area (Å²) in [4.78, 5) is 0. The van der Waals surface area contributed by atoms with Crippen LogP contribution in [-0.4, -0.2) is 6.61 Å². The van der Waals surface area contributed by atoms with Crippen LogP contribution in [0.25, 0.3) is 0 Å². The van der Waals surface area contributed by atoms with Crippen LogP contribution in [0.4, 0.5) is 0 Å². The summed E-state index contributed by atoms with van der Waals surface area (Å²) in [6, 6.07) is 0. The van der Waals surface area contributed by atoms with E-state index in [1.165, 1.54) is 18.4 Å². The van der Waals surface area contributed by atoms with E-state index in [0.29, 0.717) is 5.92 Å². The molecule has 0 bridgehead atoms. The fraction of sp³-hybridized carbons (Fsp3) is 0.600. The number of allylic oxidation sites excluding steroid dienone is 2. The Morgan fingerprint density at radius 2 is 2.36 bits per heavy atom. The molecule has 0 aromatic heterocycles. The van der Waals surface area contributed by atoms with Gasteiger partial charge in [0.2, 0.25) is 0 Å². The molecular formula is C10H14O. The fourth-order valence-corrected chi connectivity index (χ4v) is 1.87. The van der Waals surface area contributed by atoms with Crippen molar-refractivity contribution < 1.29 is 4.74 Å². The molecule has 0 amide bonds. The van der Waals surface area contributed by atoms with Gasteiger partial charge in [-0.1, -0.05) is 13.0 Å². The van der Waals surface area contributed by atoms with Gasteiger partial charge in [-0.3, -0.25) is 0 Å². The second-order valence-corrected chi connectivity index (χ2v) is 3.54. The molecule has 1 aliphatic carbocycles. The number of hydrogen-bond donors (Lipinski definition) is 0. The van der Waals surface area contributed by atoms with Gasteiger partial charge in [0.05, 0.1) is 6.26 Å². The Bertz CT molecular complexity index is 203. The predicted molar refractivity (Wildman–Crippen MR) is 45.1 cm³/mol. The van der Waals surface area contributed by atoms with Gasteiger partial charge in [0.25, 0.3) is 0 Å². The topological polar surface area (TPSA) is 9.23 Å². The highest BCUT2D eigenvalue weighted by atomic mass is 16.5. The van der Waals surface area contributed by atoms with E-state index < -0.39 is 0 Å². The minimum absolute atomic E-state index is 0.694. The molecule has 2 atom stereocenters. The third-order valence-electron chi connectivity index (χ3n) is 2.56. The van der Waals surface area contributed by atoms with E-state index in [9.17, 15) is 0 Å². The van der Waals surface area contributed by atoms with Gasteiger partial charge in [0.15, 0.2) is 0 Å². The predicted octanol–water partition coefficient (Wildman–Crippen LogP) is 2.50. The van der Waals surface area contributed by atoms with Crippen LogP contribution in [0.1, 0.15) is 19.8 Å². The Hall–Kier alpha value is -0.720. The number of fused-ring (bicyclic) bond motifs is 1. The van der Waals surface area contributed by atoms with E-state index in [-0.39, 0.29) is 0 Å². The largest absolute Gasteiger partial charge is 0.497 e. The van der Waals surface area contributed by atoms with Crippen molar-refractivity contribution in [2.45, 2.75) is 19.8 Å². The Labute approximate surface area is 67.7 Å². The summed E-state index contributed by atoms with van der Waals surface area (Å²) in [5.41, 5.74) is 1.49. The van der Waals surface area contributed by atoms with Crippen LogP contribution in [0.5, 0.6) is 0 Å². The zero-order valence-corrected chi connectivity index (χ0v) is 6.92. The summed E-state index contributed by atoms with van der Waals surface area (Å²) in [6.07, 6.45) is 9.04. The molecule has 2 aliphatic rings. The minimum Gasteiger partial charge on any atom is -0.497 e. The zero-order chi connectivity index (χ0) is 7.68. The highest BCUT2D eigenvalue weighted by Gasteiger charge is 2.20. The first kappa shape index (κ1) is 6.96. The number of rotatable bonds is 0. The molecule has 0 fully saturated rings. The molecule has 1 heteroatoms. The van der Waals surface area contributed by atoms with Crippen LogP contribution in [0.3, 0.4) is 0 Å². The SMILES string of the molecule is CC1C=C2COC=CC2CC1. The molecular weight excluding hydrogens is 136 g/mol. The molecule has 0 aromatic carbocycles. The fourth-order valence-electron chi connectivity index (χ4n) is 1.87. The van der Waals surface area contributed by atoms with Crippen LogP contribution in [0.15, 0.2) is 24.0 Å². The van der Waals surface area contributed by atoms with Crippen molar-refractivity contribution in [1.82, 2.24) is 0 Å². The van der Waals surface area contributed by atoms with Crippen molar-refractivity contribution >= 4 is 0 Å². The highest BCUT2D eigenvalue weighted by Crippen LogP contribution is 2.31. The second kappa shape index (κ2) is 2.72. The summed E-state index contributed by atoms with van der Waals surface area (Å²) in [5, 5.41) is 0. The van der Waals surface area contributed by atoms with Gasteiger partial charge >= 0.3 is 0 Å². The van der Waals surface area contributed by atoms with Crippen LogP contribution in [0.2, 0.25) is 0 Å². The molecule has 11 heavy (non-hydrogen) atoms. The van der Waals surface area contributed by atoms with Crippen molar-refractivity contribution in [2.24, 2.45) is 11.8 Å². The molecule has 0 saturated carbocycles. The van der Waals surface area contributed by atoms with Crippen LogP contribution < -0.4 is 0 Å². The van der Waals surface area contributed by atoms with E-state index >= 15 is 0 Å². The second-order valence-electron chi connectivity index (χ2n) is 3.54. The summed E-state index contributed by atoms with van der Waals surface area (Å²) < 4.78 is 5.24. The van der Waals surface area contributed by atoms with Crippen molar-refractivity contribution in [1.29, 1.82) is 0 Å². The van der Waals surface area contributed by atoms with Gasteiger partial charge in [-0.25, -0.2) is 0 Å². The molecule has 2 unspecified atom stereocenters. The Morgan fingerprint density at radius 3 is 3.27 bits per heavy atom. The van der Waals surface area contributed by atoms with Crippen LogP contribution >= 0.6 is 0 Å². The van der Waals surface area contributed by atoms with Gasteiger partial charge in [0, 0.05) is 5.92 Å². The molecule has 0 N–H and O–H groups in total. The molecule has 60 valence electrons. The Morgan fingerprint density at radius 1 is 1.45 bits per heavy atom. The smallest absolute Gasteiger partial charge is 0.109 e. The lowest BCUT2D eigenvalue weighted by atomic mass is 9.83. The average Bonchev–Trinajstić information content (AvgIpc) is 2.04. The van der Waals surface area contributed by atoms with E-state index in [0.717, 1.165) is 12.5 Å². The monoisotopic (exact) mass is 150 g/mol. The van der Waals surface area contributed by atoms with Gasteiger partial charge < -0.3 is 4.74 Å². The molecule has 0 aromatic rings. The maximum Gasteiger partial charge on any atom is 0.109 e. The van der Waals surface area contributed by atoms with Crippen LogP contribution in [-0.2, 0) is 4.74 Å². The molecule has 1 heterocycles. The lowest BCUT2D eigenvalue weighted by Gasteiger charge is -2.27. The van der Waals surface area contributed by atoms with Crippen molar-refractivity contribution in [2.75, 3.05) is 6.61 Å². The standard InChI is InChI=1S/C10H14O/c1-8-2-3-9-4-5-11-7-10(9)6-8/h4-6,8-9H,2-3,7H2,1H3. The molecule has 0 saturated heterocycles. The molecule has 0 spiro atoms. The third-order valence-corrected chi connectivity index (χ3v) is 2.56. The third kappa shape index (κ3) is 1.32. The highest BCUT2D eigenvalue weighted by molar-refractivity contribution is 5.19. The van der Waals surface area contributed by atoms with Gasteiger partial charge in [-0.15, -0.1) is 0 Å². The lowest BCUT2D eigenvalue weighted by molar-refractivity contribution is 0.244. The number of ether oxygens (including phenoxy) is 1. The summed E-state index contributed by atoms with van der Waals surface area (Å²) in [7, 11) is 0. The first-order valence-electron chi connectivity index (χ1n) is 4.35. The van der Waals surface area contributed by atoms with Crippen molar-refractivity contribution in [3.63, 3.8) is 0 Å². The zero-order valence-electron chi connectivity index (χ0n) is 6.92. The first-order valence-corrected chi connectivity index (χ1v) is 4.35. The molecule has 0 radical (unpaired) electrons. The minimum atomic E-state index is 0.694. The maximum absolute atomic E-state index is 5.24. The first-order chi connectivity index (χ1) is 5.36. The molecule has 2 rings (SSSR count). The molecule has 1 aliphatic heterocycles. The van der Waals surface area contributed by atoms with Crippen molar-refractivity contribution in [3.8, 4) is 0 Å².